The van der Waals surface area contributed by atoms with Gasteiger partial charge in [0.25, 0.3) is 5.91 Å². The van der Waals surface area contributed by atoms with Gasteiger partial charge in [0.05, 0.1) is 11.6 Å². The summed E-state index contributed by atoms with van der Waals surface area (Å²) in [6.45, 7) is 4.60. The molecule has 9 heteroatoms. The van der Waals surface area contributed by atoms with E-state index in [1.54, 1.807) is 6.07 Å². The Kier molecular flexibility index (Phi) is 14.1. The van der Waals surface area contributed by atoms with Crippen LogP contribution in [-0.2, 0) is 11.3 Å². The van der Waals surface area contributed by atoms with Crippen molar-refractivity contribution < 1.29 is 14.3 Å². The van der Waals surface area contributed by atoms with Crippen molar-refractivity contribution in [3.8, 4) is 11.5 Å². The highest BCUT2D eigenvalue weighted by atomic mass is 35.5. The van der Waals surface area contributed by atoms with Gasteiger partial charge in [-0.1, -0.05) is 11.6 Å². The van der Waals surface area contributed by atoms with Crippen LogP contribution in [-0.4, -0.2) is 51.2 Å². The molecule has 0 aromatic heterocycles. The number of likely N-dealkylation sites (N-methyl/N-ethyl adjacent to an activating group) is 1. The normalized spacial score (nSPS) is 9.88. The standard InChI is InChI=1S/C15H24ClN3O3.2ClH/c1-4-21-13-8-11(9-18-5-6-19(2)3)7-12(16)15(13)22-10-14(17)20;;/h7-8,18H,4-6,9-10H2,1-3H3,(H2,17,20);2*1H. The van der Waals surface area contributed by atoms with Crippen molar-refractivity contribution in [3.05, 3.63) is 22.7 Å². The highest BCUT2D eigenvalue weighted by molar-refractivity contribution is 6.32. The Morgan fingerprint density at radius 2 is 1.96 bits per heavy atom. The summed E-state index contributed by atoms with van der Waals surface area (Å²) < 4.78 is 10.9. The number of hydrogen-bond acceptors (Lipinski definition) is 5. The first-order valence-corrected chi connectivity index (χ1v) is 7.53. The van der Waals surface area contributed by atoms with Crippen LogP contribution in [0.4, 0.5) is 0 Å². The molecule has 0 aliphatic rings. The first kappa shape index (κ1) is 25.3. The minimum Gasteiger partial charge on any atom is -0.490 e. The van der Waals surface area contributed by atoms with Gasteiger partial charge < -0.3 is 25.4 Å². The van der Waals surface area contributed by atoms with E-state index in [0.717, 1.165) is 18.7 Å². The number of rotatable bonds is 10. The SMILES string of the molecule is CCOc1cc(CNCCN(C)C)cc(Cl)c1OCC(N)=O.Cl.Cl. The summed E-state index contributed by atoms with van der Waals surface area (Å²) in [5, 5.41) is 3.73. The lowest BCUT2D eigenvalue weighted by atomic mass is 10.2. The Hall–Kier alpha value is -0.920. The van der Waals surface area contributed by atoms with Crippen molar-refractivity contribution >= 4 is 42.3 Å². The molecule has 0 saturated carbocycles. The molecular formula is C15H26Cl3N3O3. The zero-order valence-electron chi connectivity index (χ0n) is 14.1. The average molecular weight is 403 g/mol. The Balaban J connectivity index is 0. The number of hydrogen-bond donors (Lipinski definition) is 2. The largest absolute Gasteiger partial charge is 0.490 e. The minimum absolute atomic E-state index is 0. The monoisotopic (exact) mass is 401 g/mol. The molecule has 0 aliphatic heterocycles. The lowest BCUT2D eigenvalue weighted by Crippen LogP contribution is -2.26. The molecule has 1 rings (SSSR count). The van der Waals surface area contributed by atoms with Crippen LogP contribution < -0.4 is 20.5 Å². The topological polar surface area (TPSA) is 76.8 Å². The van der Waals surface area contributed by atoms with Crippen molar-refractivity contribution in [2.45, 2.75) is 13.5 Å². The molecule has 0 heterocycles. The van der Waals surface area contributed by atoms with Crippen LogP contribution in [0.25, 0.3) is 0 Å². The summed E-state index contributed by atoms with van der Waals surface area (Å²) in [5.74, 6) is 0.299. The van der Waals surface area contributed by atoms with E-state index in [2.05, 4.69) is 10.2 Å². The summed E-state index contributed by atoms with van der Waals surface area (Å²) in [5.41, 5.74) is 6.07. The maximum Gasteiger partial charge on any atom is 0.255 e. The second kappa shape index (κ2) is 13.4. The molecule has 24 heavy (non-hydrogen) atoms. The second-order valence-corrected chi connectivity index (χ2v) is 5.48. The Morgan fingerprint density at radius 1 is 1.29 bits per heavy atom. The molecule has 140 valence electrons. The molecule has 0 radical (unpaired) electrons. The maximum absolute atomic E-state index is 10.8. The lowest BCUT2D eigenvalue weighted by molar-refractivity contribution is -0.119. The van der Waals surface area contributed by atoms with E-state index in [9.17, 15) is 4.79 Å². The summed E-state index contributed by atoms with van der Waals surface area (Å²) in [6, 6.07) is 3.65. The van der Waals surface area contributed by atoms with Gasteiger partial charge in [-0.05, 0) is 38.7 Å². The number of amides is 1. The molecule has 0 unspecified atom stereocenters. The fraction of sp³-hybridized carbons (Fsp3) is 0.533. The van der Waals surface area contributed by atoms with Gasteiger partial charge in [-0.15, -0.1) is 24.8 Å². The maximum atomic E-state index is 10.8. The van der Waals surface area contributed by atoms with E-state index in [0.29, 0.717) is 29.7 Å². The Bertz CT molecular complexity index is 502. The van der Waals surface area contributed by atoms with Crippen molar-refractivity contribution in [2.75, 3.05) is 40.4 Å². The van der Waals surface area contributed by atoms with Crippen LogP contribution in [0.1, 0.15) is 12.5 Å². The molecule has 0 saturated heterocycles. The molecule has 0 fully saturated rings. The van der Waals surface area contributed by atoms with Gasteiger partial charge in [0.15, 0.2) is 18.1 Å². The lowest BCUT2D eigenvalue weighted by Gasteiger charge is -2.15. The van der Waals surface area contributed by atoms with Crippen molar-refractivity contribution in [1.82, 2.24) is 10.2 Å². The predicted octanol–water partition coefficient (Wildman–Crippen LogP) is 2.10. The molecule has 6 nitrogen and oxygen atoms in total. The first-order chi connectivity index (χ1) is 10.4. The summed E-state index contributed by atoms with van der Waals surface area (Å²) >= 11 is 6.22. The van der Waals surface area contributed by atoms with Crippen LogP contribution >= 0.6 is 36.4 Å². The van der Waals surface area contributed by atoms with E-state index in [1.807, 2.05) is 27.1 Å². The van der Waals surface area contributed by atoms with Crippen LogP contribution in [0.5, 0.6) is 11.5 Å². The quantitative estimate of drug-likeness (QED) is 0.586. The van der Waals surface area contributed by atoms with Gasteiger partial charge in [-0.2, -0.15) is 0 Å². The summed E-state index contributed by atoms with van der Waals surface area (Å²) in [4.78, 5) is 13.0. The zero-order valence-corrected chi connectivity index (χ0v) is 16.5. The number of nitrogens with two attached hydrogens (primary N) is 1. The van der Waals surface area contributed by atoms with E-state index in [-0.39, 0.29) is 31.4 Å². The smallest absolute Gasteiger partial charge is 0.255 e. The van der Waals surface area contributed by atoms with Gasteiger partial charge in [0.2, 0.25) is 0 Å². The molecule has 1 aromatic rings. The average Bonchev–Trinajstić information content (AvgIpc) is 2.42. The second-order valence-electron chi connectivity index (χ2n) is 5.07. The van der Waals surface area contributed by atoms with Gasteiger partial charge in [-0.3, -0.25) is 4.79 Å². The number of halogens is 3. The number of carbonyl (C=O) groups is 1. The third-order valence-corrected chi connectivity index (χ3v) is 3.07. The first-order valence-electron chi connectivity index (χ1n) is 7.15. The van der Waals surface area contributed by atoms with Crippen LogP contribution in [0.2, 0.25) is 5.02 Å². The molecular weight excluding hydrogens is 377 g/mol. The Labute approximate surface area is 160 Å². The van der Waals surface area contributed by atoms with Crippen molar-refractivity contribution in [2.24, 2.45) is 5.73 Å². The van der Waals surface area contributed by atoms with E-state index >= 15 is 0 Å². The van der Waals surface area contributed by atoms with E-state index < -0.39 is 5.91 Å². The number of primary amides is 1. The summed E-state index contributed by atoms with van der Waals surface area (Å²) in [6.07, 6.45) is 0. The predicted molar refractivity (Wildman–Crippen MR) is 102 cm³/mol. The fourth-order valence-electron chi connectivity index (χ4n) is 1.81. The third-order valence-electron chi connectivity index (χ3n) is 2.79. The Morgan fingerprint density at radius 3 is 2.50 bits per heavy atom. The summed E-state index contributed by atoms with van der Waals surface area (Å²) in [7, 11) is 4.05. The molecule has 0 spiro atoms. The zero-order chi connectivity index (χ0) is 16.5. The molecule has 0 aliphatic carbocycles. The van der Waals surface area contributed by atoms with Gasteiger partial charge in [0.1, 0.15) is 0 Å². The van der Waals surface area contributed by atoms with Gasteiger partial charge in [0, 0.05) is 19.6 Å². The van der Waals surface area contributed by atoms with E-state index in [4.69, 9.17) is 26.8 Å². The van der Waals surface area contributed by atoms with Gasteiger partial charge in [-0.25, -0.2) is 0 Å². The highest BCUT2D eigenvalue weighted by Gasteiger charge is 2.13. The number of benzene rings is 1. The fourth-order valence-corrected chi connectivity index (χ4v) is 2.09. The molecule has 0 atom stereocenters. The van der Waals surface area contributed by atoms with Crippen LogP contribution in [0, 0.1) is 0 Å². The molecule has 1 amide bonds. The highest BCUT2D eigenvalue weighted by Crippen LogP contribution is 2.36. The van der Waals surface area contributed by atoms with Crippen molar-refractivity contribution in [1.29, 1.82) is 0 Å². The third kappa shape index (κ3) is 9.39. The number of nitrogens with one attached hydrogen (secondary N) is 1. The molecule has 3 N–H and O–H groups in total. The minimum atomic E-state index is -0.562. The number of ether oxygens (including phenoxy) is 2. The van der Waals surface area contributed by atoms with E-state index in [1.165, 1.54) is 0 Å². The number of carbonyl (C=O) groups excluding carboxylic acids is 1. The molecule has 1 aromatic carbocycles. The number of nitrogens with zero attached hydrogens (tertiary/aromatic N) is 1. The van der Waals surface area contributed by atoms with Gasteiger partial charge >= 0.3 is 0 Å². The molecule has 0 bridgehead atoms. The van der Waals surface area contributed by atoms with Crippen LogP contribution in [0.3, 0.4) is 0 Å². The van der Waals surface area contributed by atoms with Crippen molar-refractivity contribution in [3.63, 3.8) is 0 Å². The van der Waals surface area contributed by atoms with Crippen LogP contribution in [0.15, 0.2) is 12.1 Å².